The van der Waals surface area contributed by atoms with Gasteiger partial charge in [0.1, 0.15) is 5.75 Å². The van der Waals surface area contributed by atoms with Crippen molar-refractivity contribution in [2.45, 2.75) is 24.3 Å². The molecule has 3 nitrogen and oxygen atoms in total. The molecule has 22 heavy (non-hydrogen) atoms. The molecule has 1 amide bonds. The van der Waals surface area contributed by atoms with Crippen LogP contribution in [0.25, 0.3) is 0 Å². The van der Waals surface area contributed by atoms with E-state index in [0.717, 1.165) is 22.0 Å². The van der Waals surface area contributed by atoms with Crippen molar-refractivity contribution in [1.29, 1.82) is 0 Å². The van der Waals surface area contributed by atoms with Crippen molar-refractivity contribution in [2.24, 2.45) is 0 Å². The first-order chi connectivity index (χ1) is 10.7. The van der Waals surface area contributed by atoms with Gasteiger partial charge in [0.05, 0.1) is 13.2 Å². The van der Waals surface area contributed by atoms with Gasteiger partial charge in [-0.05, 0) is 36.8 Å². The molecule has 2 aromatic rings. The first kappa shape index (κ1) is 16.4. The SMILES string of the molecule is COc1ccc(SCCC(=O)NC(C)c2ccccc2)cc1. The Balaban J connectivity index is 1.73. The number of thioether (sulfide) groups is 1. The maximum absolute atomic E-state index is 12.0. The van der Waals surface area contributed by atoms with E-state index in [0.29, 0.717) is 6.42 Å². The van der Waals surface area contributed by atoms with E-state index in [4.69, 9.17) is 4.74 Å². The number of carbonyl (C=O) groups is 1. The molecule has 0 saturated heterocycles. The Kier molecular flexibility index (Phi) is 6.34. The first-order valence-corrected chi connectivity index (χ1v) is 8.29. The lowest BCUT2D eigenvalue weighted by molar-refractivity contribution is -0.121. The molecule has 0 bridgehead atoms. The molecule has 0 aliphatic rings. The van der Waals surface area contributed by atoms with Gasteiger partial charge >= 0.3 is 0 Å². The fourth-order valence-electron chi connectivity index (χ4n) is 2.07. The van der Waals surface area contributed by atoms with Crippen molar-refractivity contribution in [1.82, 2.24) is 5.32 Å². The molecule has 1 unspecified atom stereocenters. The summed E-state index contributed by atoms with van der Waals surface area (Å²) in [5, 5.41) is 3.03. The second kappa shape index (κ2) is 8.49. The third-order valence-corrected chi connectivity index (χ3v) is 4.35. The highest BCUT2D eigenvalue weighted by Gasteiger charge is 2.09. The van der Waals surface area contributed by atoms with E-state index < -0.39 is 0 Å². The third-order valence-electron chi connectivity index (χ3n) is 3.33. The summed E-state index contributed by atoms with van der Waals surface area (Å²) in [4.78, 5) is 13.1. The topological polar surface area (TPSA) is 38.3 Å². The lowest BCUT2D eigenvalue weighted by Crippen LogP contribution is -2.26. The van der Waals surface area contributed by atoms with Gasteiger partial charge in [-0.15, -0.1) is 11.8 Å². The third kappa shape index (κ3) is 5.11. The van der Waals surface area contributed by atoms with Gasteiger partial charge in [0, 0.05) is 17.1 Å². The van der Waals surface area contributed by atoms with E-state index in [1.807, 2.05) is 61.5 Å². The summed E-state index contributed by atoms with van der Waals surface area (Å²) >= 11 is 1.67. The first-order valence-electron chi connectivity index (χ1n) is 7.30. The minimum atomic E-state index is 0.0414. The molecule has 0 aromatic heterocycles. The largest absolute Gasteiger partial charge is 0.497 e. The summed E-state index contributed by atoms with van der Waals surface area (Å²) < 4.78 is 5.12. The monoisotopic (exact) mass is 315 g/mol. The van der Waals surface area contributed by atoms with E-state index in [2.05, 4.69) is 5.32 Å². The molecule has 116 valence electrons. The highest BCUT2D eigenvalue weighted by Crippen LogP contribution is 2.22. The average molecular weight is 315 g/mol. The van der Waals surface area contributed by atoms with Crippen LogP contribution in [0.4, 0.5) is 0 Å². The molecule has 4 heteroatoms. The molecule has 0 radical (unpaired) electrons. The van der Waals surface area contributed by atoms with E-state index in [9.17, 15) is 4.79 Å². The molecule has 2 rings (SSSR count). The number of methoxy groups -OCH3 is 1. The molecule has 0 saturated carbocycles. The number of benzene rings is 2. The van der Waals surface area contributed by atoms with Crippen LogP contribution in [0.5, 0.6) is 5.75 Å². The molecule has 0 aliphatic heterocycles. The van der Waals surface area contributed by atoms with E-state index in [1.165, 1.54) is 0 Å². The van der Waals surface area contributed by atoms with Crippen molar-refractivity contribution in [3.8, 4) is 5.75 Å². The normalized spacial score (nSPS) is 11.7. The molecule has 0 fully saturated rings. The molecule has 1 atom stereocenters. The number of ether oxygens (including phenoxy) is 1. The maximum Gasteiger partial charge on any atom is 0.221 e. The van der Waals surface area contributed by atoms with E-state index >= 15 is 0 Å². The Morgan fingerprint density at radius 2 is 1.82 bits per heavy atom. The molecular formula is C18H21NO2S. The van der Waals surface area contributed by atoms with Gasteiger partial charge in [-0.25, -0.2) is 0 Å². The van der Waals surface area contributed by atoms with E-state index in [-0.39, 0.29) is 11.9 Å². The van der Waals surface area contributed by atoms with Gasteiger partial charge in [-0.2, -0.15) is 0 Å². The lowest BCUT2D eigenvalue weighted by atomic mass is 10.1. The number of hydrogen-bond acceptors (Lipinski definition) is 3. The zero-order valence-corrected chi connectivity index (χ0v) is 13.7. The van der Waals surface area contributed by atoms with E-state index in [1.54, 1.807) is 18.9 Å². The Morgan fingerprint density at radius 1 is 1.14 bits per heavy atom. The number of rotatable bonds is 7. The molecule has 0 aliphatic carbocycles. The highest BCUT2D eigenvalue weighted by molar-refractivity contribution is 7.99. The van der Waals surface area contributed by atoms with Gasteiger partial charge in [-0.1, -0.05) is 30.3 Å². The van der Waals surface area contributed by atoms with Crippen LogP contribution in [-0.4, -0.2) is 18.8 Å². The quantitative estimate of drug-likeness (QED) is 0.783. The standard InChI is InChI=1S/C18H21NO2S/c1-14(15-6-4-3-5-7-15)19-18(20)12-13-22-17-10-8-16(21-2)9-11-17/h3-11,14H,12-13H2,1-2H3,(H,19,20). The summed E-state index contributed by atoms with van der Waals surface area (Å²) in [6.45, 7) is 2.00. The summed E-state index contributed by atoms with van der Waals surface area (Å²) in [7, 11) is 1.65. The number of nitrogens with one attached hydrogen (secondary N) is 1. The predicted octanol–water partition coefficient (Wildman–Crippen LogP) is 4.05. The van der Waals surface area contributed by atoms with Crippen LogP contribution < -0.4 is 10.1 Å². The molecule has 2 aromatic carbocycles. The highest BCUT2D eigenvalue weighted by atomic mass is 32.2. The van der Waals surface area contributed by atoms with Crippen LogP contribution in [0, 0.1) is 0 Å². The Bertz CT molecular complexity index is 584. The van der Waals surface area contributed by atoms with Gasteiger partial charge in [0.25, 0.3) is 0 Å². The number of amides is 1. The fraction of sp³-hybridized carbons (Fsp3) is 0.278. The molecule has 0 spiro atoms. The molecule has 1 N–H and O–H groups in total. The zero-order valence-electron chi connectivity index (χ0n) is 12.9. The Morgan fingerprint density at radius 3 is 2.45 bits per heavy atom. The smallest absolute Gasteiger partial charge is 0.221 e. The second-order valence-electron chi connectivity index (χ2n) is 4.97. The van der Waals surface area contributed by atoms with Gasteiger partial charge in [0.2, 0.25) is 5.91 Å². The minimum absolute atomic E-state index is 0.0414. The Labute approximate surface area is 136 Å². The van der Waals surface area contributed by atoms with Gasteiger partial charge in [-0.3, -0.25) is 4.79 Å². The fourth-order valence-corrected chi connectivity index (χ4v) is 2.92. The van der Waals surface area contributed by atoms with Crippen molar-refractivity contribution in [3.63, 3.8) is 0 Å². The van der Waals surface area contributed by atoms with Crippen LogP contribution in [-0.2, 0) is 4.79 Å². The van der Waals surface area contributed by atoms with Crippen LogP contribution in [0.1, 0.15) is 24.9 Å². The van der Waals surface area contributed by atoms with Gasteiger partial charge < -0.3 is 10.1 Å². The molecule has 0 heterocycles. The summed E-state index contributed by atoms with van der Waals surface area (Å²) in [6, 6.07) is 17.9. The Hall–Kier alpha value is -1.94. The second-order valence-corrected chi connectivity index (χ2v) is 6.14. The average Bonchev–Trinajstić information content (AvgIpc) is 2.56. The number of hydrogen-bond donors (Lipinski definition) is 1. The number of carbonyl (C=O) groups excluding carboxylic acids is 1. The zero-order chi connectivity index (χ0) is 15.8. The van der Waals surface area contributed by atoms with Crippen molar-refractivity contribution >= 4 is 17.7 Å². The maximum atomic E-state index is 12.0. The van der Waals surface area contributed by atoms with Crippen LogP contribution in [0.15, 0.2) is 59.5 Å². The summed E-state index contributed by atoms with van der Waals surface area (Å²) in [5.41, 5.74) is 1.12. The van der Waals surface area contributed by atoms with Crippen LogP contribution >= 0.6 is 11.8 Å². The van der Waals surface area contributed by atoms with Crippen molar-refractivity contribution < 1.29 is 9.53 Å². The van der Waals surface area contributed by atoms with Crippen molar-refractivity contribution in [2.75, 3.05) is 12.9 Å². The summed E-state index contributed by atoms with van der Waals surface area (Å²) in [6.07, 6.45) is 0.508. The van der Waals surface area contributed by atoms with Crippen LogP contribution in [0.2, 0.25) is 0 Å². The lowest BCUT2D eigenvalue weighted by Gasteiger charge is -2.14. The molecular weight excluding hydrogens is 294 g/mol. The van der Waals surface area contributed by atoms with Crippen molar-refractivity contribution in [3.05, 3.63) is 60.2 Å². The van der Waals surface area contributed by atoms with Gasteiger partial charge in [0.15, 0.2) is 0 Å². The minimum Gasteiger partial charge on any atom is -0.497 e. The predicted molar refractivity (Wildman–Crippen MR) is 91.3 cm³/mol. The van der Waals surface area contributed by atoms with Crippen LogP contribution in [0.3, 0.4) is 0 Å². The summed E-state index contributed by atoms with van der Waals surface area (Å²) in [5.74, 6) is 1.69.